The molecule has 0 saturated heterocycles. The molecule has 1 heterocycles. The molecule has 0 aliphatic rings. The molecule has 152 valence electrons. The summed E-state index contributed by atoms with van der Waals surface area (Å²) in [7, 11) is 4.04. The van der Waals surface area contributed by atoms with Gasteiger partial charge in [-0.25, -0.2) is 0 Å². The minimum atomic E-state index is -0.633. The first-order valence-electron chi connectivity index (χ1n) is 8.82. The Balaban J connectivity index is 0.00000196. The van der Waals surface area contributed by atoms with E-state index in [2.05, 4.69) is 15.2 Å². The van der Waals surface area contributed by atoms with Crippen LogP contribution >= 0.6 is 24.8 Å². The summed E-state index contributed by atoms with van der Waals surface area (Å²) in [6, 6.07) is 15.3. The SMILES string of the molecule is CC(c1c[nH]c2ccccc12)C(N)C(=O)Nc1cccc(CN(C)C)c1.Cl.Cl. The summed E-state index contributed by atoms with van der Waals surface area (Å²) < 4.78 is 0. The van der Waals surface area contributed by atoms with Crippen LogP contribution in [0.3, 0.4) is 0 Å². The summed E-state index contributed by atoms with van der Waals surface area (Å²) >= 11 is 0. The number of nitrogens with two attached hydrogens (primary N) is 1. The molecular weight excluding hydrogens is 395 g/mol. The number of fused-ring (bicyclic) bond motifs is 1. The van der Waals surface area contributed by atoms with Crippen molar-refractivity contribution in [2.45, 2.75) is 25.4 Å². The number of aromatic nitrogens is 1. The Morgan fingerprint density at radius 2 is 1.86 bits per heavy atom. The molecule has 2 atom stereocenters. The quantitative estimate of drug-likeness (QED) is 0.558. The van der Waals surface area contributed by atoms with Gasteiger partial charge < -0.3 is 20.9 Å². The van der Waals surface area contributed by atoms with E-state index in [-0.39, 0.29) is 36.6 Å². The molecule has 5 nitrogen and oxygen atoms in total. The second kappa shape index (κ2) is 10.5. The van der Waals surface area contributed by atoms with Gasteiger partial charge in [0.25, 0.3) is 0 Å². The molecule has 7 heteroatoms. The number of rotatable bonds is 6. The number of halogens is 2. The first-order chi connectivity index (χ1) is 12.5. The number of aromatic amines is 1. The standard InChI is InChI=1S/C21H26N4O.2ClH/c1-14(18-12-23-19-10-5-4-9-17(18)19)20(22)21(26)24-16-8-6-7-15(11-16)13-25(2)3;;/h4-12,14,20,23H,13,22H2,1-3H3,(H,24,26);2*1H. The number of hydrogen-bond donors (Lipinski definition) is 3. The lowest BCUT2D eigenvalue weighted by molar-refractivity contribution is -0.117. The van der Waals surface area contributed by atoms with Crippen LogP contribution in [0.4, 0.5) is 5.69 Å². The van der Waals surface area contributed by atoms with Gasteiger partial charge in [-0.3, -0.25) is 4.79 Å². The van der Waals surface area contributed by atoms with E-state index in [4.69, 9.17) is 5.73 Å². The number of carbonyl (C=O) groups is 1. The van der Waals surface area contributed by atoms with Gasteiger partial charge in [0.1, 0.15) is 0 Å². The minimum Gasteiger partial charge on any atom is -0.361 e. The van der Waals surface area contributed by atoms with E-state index in [9.17, 15) is 4.79 Å². The van der Waals surface area contributed by atoms with Gasteiger partial charge in [0.2, 0.25) is 5.91 Å². The Kier molecular flexibility index (Phi) is 8.98. The highest BCUT2D eigenvalue weighted by Gasteiger charge is 2.24. The van der Waals surface area contributed by atoms with Crippen LogP contribution < -0.4 is 11.1 Å². The molecule has 28 heavy (non-hydrogen) atoms. The van der Waals surface area contributed by atoms with E-state index in [1.165, 1.54) is 0 Å². The Morgan fingerprint density at radius 1 is 1.14 bits per heavy atom. The number of anilines is 1. The van der Waals surface area contributed by atoms with Gasteiger partial charge in [-0.1, -0.05) is 37.3 Å². The first-order valence-corrected chi connectivity index (χ1v) is 8.82. The van der Waals surface area contributed by atoms with E-state index in [0.29, 0.717) is 0 Å². The maximum Gasteiger partial charge on any atom is 0.241 e. The maximum atomic E-state index is 12.7. The third kappa shape index (κ3) is 5.49. The lowest BCUT2D eigenvalue weighted by Gasteiger charge is -2.19. The number of benzene rings is 2. The van der Waals surface area contributed by atoms with Crippen molar-refractivity contribution in [1.82, 2.24) is 9.88 Å². The molecule has 3 aromatic rings. The number of carbonyl (C=O) groups excluding carboxylic acids is 1. The van der Waals surface area contributed by atoms with Crippen LogP contribution in [0, 0.1) is 0 Å². The molecule has 0 fully saturated rings. The van der Waals surface area contributed by atoms with Crippen molar-refractivity contribution in [1.29, 1.82) is 0 Å². The smallest absolute Gasteiger partial charge is 0.241 e. The van der Waals surface area contributed by atoms with Crippen LogP contribution in [0.15, 0.2) is 54.7 Å². The molecular formula is C21H28Cl2N4O. The van der Waals surface area contributed by atoms with Crippen molar-refractivity contribution in [3.63, 3.8) is 0 Å². The number of hydrogen-bond acceptors (Lipinski definition) is 3. The molecule has 1 amide bonds. The van der Waals surface area contributed by atoms with Crippen LogP contribution in [0.1, 0.15) is 24.0 Å². The van der Waals surface area contributed by atoms with Crippen molar-refractivity contribution in [2.75, 3.05) is 19.4 Å². The molecule has 3 rings (SSSR count). The second-order valence-corrected chi connectivity index (χ2v) is 7.03. The highest BCUT2D eigenvalue weighted by atomic mass is 35.5. The van der Waals surface area contributed by atoms with Crippen molar-refractivity contribution in [2.24, 2.45) is 5.73 Å². The van der Waals surface area contributed by atoms with Crippen LogP contribution in [0.2, 0.25) is 0 Å². The third-order valence-electron chi connectivity index (χ3n) is 4.65. The van der Waals surface area contributed by atoms with E-state index >= 15 is 0 Å². The zero-order chi connectivity index (χ0) is 18.7. The lowest BCUT2D eigenvalue weighted by Crippen LogP contribution is -2.39. The molecule has 2 aromatic carbocycles. The molecule has 0 aliphatic heterocycles. The van der Waals surface area contributed by atoms with Gasteiger partial charge in [0.05, 0.1) is 6.04 Å². The molecule has 2 unspecified atom stereocenters. The number of H-pyrrole nitrogens is 1. The number of amides is 1. The molecule has 0 aliphatic carbocycles. The zero-order valence-electron chi connectivity index (χ0n) is 16.3. The summed E-state index contributed by atoms with van der Waals surface area (Å²) in [6.07, 6.45) is 1.94. The molecule has 4 N–H and O–H groups in total. The average molecular weight is 423 g/mol. The second-order valence-electron chi connectivity index (χ2n) is 7.03. The van der Waals surface area contributed by atoms with Crippen molar-refractivity contribution < 1.29 is 4.79 Å². The number of nitrogens with zero attached hydrogens (tertiary/aromatic N) is 1. The molecule has 0 spiro atoms. The van der Waals surface area contributed by atoms with Gasteiger partial charge in [-0.05, 0) is 43.4 Å². The molecule has 0 bridgehead atoms. The normalized spacial score (nSPS) is 12.8. The highest BCUT2D eigenvalue weighted by Crippen LogP contribution is 2.27. The topological polar surface area (TPSA) is 74.1 Å². The fraction of sp³-hybridized carbons (Fsp3) is 0.286. The maximum absolute atomic E-state index is 12.7. The minimum absolute atomic E-state index is 0. The highest BCUT2D eigenvalue weighted by molar-refractivity contribution is 5.96. The van der Waals surface area contributed by atoms with Crippen molar-refractivity contribution in [3.05, 3.63) is 65.9 Å². The molecule has 1 aromatic heterocycles. The monoisotopic (exact) mass is 422 g/mol. The van der Waals surface area contributed by atoms with Crippen molar-refractivity contribution >= 4 is 47.3 Å². The fourth-order valence-corrected chi connectivity index (χ4v) is 3.23. The van der Waals surface area contributed by atoms with Gasteiger partial charge in [-0.2, -0.15) is 0 Å². The van der Waals surface area contributed by atoms with E-state index in [1.54, 1.807) is 0 Å². The lowest BCUT2D eigenvalue weighted by atomic mass is 9.93. The fourth-order valence-electron chi connectivity index (χ4n) is 3.23. The van der Waals surface area contributed by atoms with E-state index in [0.717, 1.165) is 34.3 Å². The Morgan fingerprint density at radius 3 is 2.57 bits per heavy atom. The zero-order valence-corrected chi connectivity index (χ0v) is 17.9. The Labute approximate surface area is 178 Å². The molecule has 0 saturated carbocycles. The average Bonchev–Trinajstić information content (AvgIpc) is 3.04. The van der Waals surface area contributed by atoms with Crippen LogP contribution in [0.5, 0.6) is 0 Å². The summed E-state index contributed by atoms with van der Waals surface area (Å²) in [4.78, 5) is 18.0. The predicted octanol–water partition coefficient (Wildman–Crippen LogP) is 4.14. The van der Waals surface area contributed by atoms with Crippen molar-refractivity contribution in [3.8, 4) is 0 Å². The van der Waals surface area contributed by atoms with Crippen LogP contribution in [-0.4, -0.2) is 35.9 Å². The Hall–Kier alpha value is -2.05. The summed E-state index contributed by atoms with van der Waals surface area (Å²) in [6.45, 7) is 2.81. The molecule has 0 radical (unpaired) electrons. The summed E-state index contributed by atoms with van der Waals surface area (Å²) in [5.41, 5.74) is 10.3. The largest absolute Gasteiger partial charge is 0.361 e. The first kappa shape index (κ1) is 24.0. The van der Waals surface area contributed by atoms with E-state index in [1.807, 2.05) is 75.7 Å². The van der Waals surface area contributed by atoms with Gasteiger partial charge in [-0.15, -0.1) is 24.8 Å². The van der Waals surface area contributed by atoms with E-state index < -0.39 is 6.04 Å². The number of para-hydroxylation sites is 1. The van der Waals surface area contributed by atoms with Gasteiger partial charge in [0.15, 0.2) is 0 Å². The number of nitrogens with one attached hydrogen (secondary N) is 2. The van der Waals surface area contributed by atoms with Gasteiger partial charge in [0, 0.05) is 35.2 Å². The summed E-state index contributed by atoms with van der Waals surface area (Å²) in [5, 5.41) is 4.06. The van der Waals surface area contributed by atoms with Gasteiger partial charge >= 0.3 is 0 Å². The Bertz CT molecular complexity index is 910. The van der Waals surface area contributed by atoms with Crippen LogP contribution in [0.25, 0.3) is 10.9 Å². The van der Waals surface area contributed by atoms with Crippen LogP contribution in [-0.2, 0) is 11.3 Å². The predicted molar refractivity (Wildman–Crippen MR) is 122 cm³/mol. The summed E-state index contributed by atoms with van der Waals surface area (Å²) in [5.74, 6) is -0.277. The third-order valence-corrected chi connectivity index (χ3v) is 4.65.